The van der Waals surface area contributed by atoms with E-state index in [-0.39, 0.29) is 89.9 Å². The number of nitrogens with zero attached hydrogens (tertiary/aromatic N) is 7. The van der Waals surface area contributed by atoms with Gasteiger partial charge in [0.25, 0.3) is 19.5 Å². The van der Waals surface area contributed by atoms with Crippen LogP contribution in [0.4, 0.5) is 4.79 Å². The average molecular weight is 1670 g/mol. The van der Waals surface area contributed by atoms with Crippen LogP contribution >= 0.6 is 35.3 Å². The number of aromatic nitrogens is 4. The van der Waals surface area contributed by atoms with Gasteiger partial charge in [-0.1, -0.05) is 172 Å². The van der Waals surface area contributed by atoms with Gasteiger partial charge in [-0.3, -0.25) is 58.3 Å². The summed E-state index contributed by atoms with van der Waals surface area (Å²) in [6.07, 6.45) is 13.5. The molecular formula is C89H111N7O15S3Si2. The normalized spacial score (nSPS) is 12.8. The number of aryl methyl sites for hydroxylation is 7. The zero-order chi connectivity index (χ0) is 85.4. The molecule has 7 heterocycles. The molecule has 0 spiro atoms. The highest BCUT2D eigenvalue weighted by molar-refractivity contribution is 8.15. The van der Waals surface area contributed by atoms with Crippen LogP contribution in [0.2, 0.25) is 37.8 Å². The molecule has 618 valence electrons. The molecule has 8 aromatic rings. The summed E-state index contributed by atoms with van der Waals surface area (Å²) in [5.74, 6) is 4.35. The number of carbonyl (C=O) groups excluding carboxylic acids is 8. The van der Waals surface area contributed by atoms with Gasteiger partial charge in [0, 0.05) is 37.5 Å². The standard InChI is InChI=1S/C17H17NO3.3C17H19NO2.C9H17NO2SSi.C7H13NOSSi.C5H7NO3S/c1-3-13-4-9-16(18-10-13)17(20)11-21-15-7-5-14(6-8-15)12(2)19;3*1-3-13-5-8-15(9-6-13)20-12-17(19)16-10-7-14(4-2)11-18-16;1-9(2,3)14(4,5)12-8-10-7(11)6-13-8;1-6-8-7(5-10-6)9-11(2,3)4;1-9-3-6-4(7)2-10-5(6)8/h4-10H,3,11H2,1-2H3;3*5-11H,3-4,12H2,1-2H3;6H2,1-5H3;1,5H2,2-4H3;2-3H2,1H3. The van der Waals surface area contributed by atoms with Crippen LogP contribution < -0.4 is 18.9 Å². The Hall–Kier alpha value is -10.0. The number of methoxy groups -OCH3 is 1. The monoisotopic (exact) mass is 1670 g/mol. The lowest BCUT2D eigenvalue weighted by Crippen LogP contribution is -2.41. The molecule has 22 nitrogen and oxygen atoms in total. The first-order valence-electron chi connectivity index (χ1n) is 38.5. The number of benzene rings is 4. The van der Waals surface area contributed by atoms with Crippen LogP contribution in [0.15, 0.2) is 192 Å². The van der Waals surface area contributed by atoms with Gasteiger partial charge in [0.1, 0.15) is 52.5 Å². The summed E-state index contributed by atoms with van der Waals surface area (Å²) in [6, 6.07) is 44.7. The number of ether oxygens (including phenoxy) is 5. The number of thioether (sulfide) groups is 3. The molecule has 3 aliphatic rings. The van der Waals surface area contributed by atoms with E-state index in [4.69, 9.17) is 27.8 Å². The van der Waals surface area contributed by atoms with Gasteiger partial charge in [0.05, 0.1) is 22.3 Å². The largest absolute Gasteiger partial charge is 0.534 e. The average Bonchev–Trinajstić information content (AvgIpc) is 1.46. The Morgan fingerprint density at radius 1 is 0.431 bits per heavy atom. The van der Waals surface area contributed by atoms with Crippen LogP contribution in [0.25, 0.3) is 0 Å². The first-order valence-corrected chi connectivity index (χ1v) is 47.8. The van der Waals surface area contributed by atoms with Crippen molar-refractivity contribution in [1.82, 2.24) is 24.8 Å². The number of aliphatic imine (C=N–C) groups is 2. The Kier molecular flexibility index (Phi) is 41.4. The van der Waals surface area contributed by atoms with Gasteiger partial charge in [0.2, 0.25) is 42.6 Å². The number of pyridine rings is 4. The van der Waals surface area contributed by atoms with Crippen LogP contribution in [0, 0.1) is 0 Å². The summed E-state index contributed by atoms with van der Waals surface area (Å²) < 4.78 is 38.1. The van der Waals surface area contributed by atoms with E-state index in [1.807, 2.05) is 104 Å². The minimum atomic E-state index is -1.80. The molecular weight excluding hydrogens is 1560 g/mol. The number of rotatable bonds is 28. The Morgan fingerprint density at radius 3 is 0.991 bits per heavy atom. The molecule has 4 aromatic carbocycles. The Morgan fingerprint density at radius 2 is 0.759 bits per heavy atom. The first kappa shape index (κ1) is 96.5. The van der Waals surface area contributed by atoms with Crippen LogP contribution in [0.5, 0.6) is 23.0 Å². The zero-order valence-electron chi connectivity index (χ0n) is 70.0. The van der Waals surface area contributed by atoms with Crippen molar-refractivity contribution in [3.05, 3.63) is 249 Å². The maximum atomic E-state index is 12.0. The maximum absolute atomic E-state index is 12.0. The fourth-order valence-electron chi connectivity index (χ4n) is 9.44. The summed E-state index contributed by atoms with van der Waals surface area (Å²) in [7, 11) is -1.79. The van der Waals surface area contributed by atoms with E-state index in [1.54, 1.807) is 85.1 Å². The summed E-state index contributed by atoms with van der Waals surface area (Å²) >= 11 is 4.06. The third-order valence-electron chi connectivity index (χ3n) is 17.6. The van der Waals surface area contributed by atoms with Crippen LogP contribution in [-0.4, -0.2) is 156 Å². The number of amides is 3. The van der Waals surface area contributed by atoms with Gasteiger partial charge < -0.3 is 32.5 Å². The highest BCUT2D eigenvalue weighted by Crippen LogP contribution is 2.38. The lowest BCUT2D eigenvalue weighted by atomic mass is 10.1. The Bertz CT molecular complexity index is 4270. The van der Waals surface area contributed by atoms with Crippen molar-refractivity contribution in [2.45, 2.75) is 159 Å². The Labute approximate surface area is 698 Å². The lowest BCUT2D eigenvalue weighted by molar-refractivity contribution is -0.127. The predicted molar refractivity (Wildman–Crippen MR) is 471 cm³/mol. The van der Waals surface area contributed by atoms with Gasteiger partial charge in [0.15, 0.2) is 38.1 Å². The summed E-state index contributed by atoms with van der Waals surface area (Å²) in [4.78, 5) is 117. The van der Waals surface area contributed by atoms with E-state index in [2.05, 4.69) is 136 Å². The van der Waals surface area contributed by atoms with Gasteiger partial charge in [-0.25, -0.2) is 9.89 Å². The van der Waals surface area contributed by atoms with Gasteiger partial charge in [-0.05, 0) is 214 Å². The van der Waals surface area contributed by atoms with E-state index in [9.17, 15) is 38.4 Å². The van der Waals surface area contributed by atoms with Crippen molar-refractivity contribution >= 4 is 109 Å². The second-order valence-electron chi connectivity index (χ2n) is 28.7. The molecule has 3 aliphatic heterocycles. The van der Waals surface area contributed by atoms with Crippen LogP contribution in [0.3, 0.4) is 0 Å². The summed E-state index contributed by atoms with van der Waals surface area (Å²) in [5.41, 5.74) is 10.6. The Balaban J connectivity index is 0.000000245. The quantitative estimate of drug-likeness (QED) is 0.0325. The zero-order valence-corrected chi connectivity index (χ0v) is 74.4. The van der Waals surface area contributed by atoms with E-state index in [0.29, 0.717) is 62.3 Å². The van der Waals surface area contributed by atoms with E-state index in [0.717, 1.165) is 101 Å². The smallest absolute Gasteiger partial charge is 0.290 e. The second-order valence-corrected chi connectivity index (χ2v) is 40.7. The minimum Gasteiger partial charge on any atom is -0.534 e. The first-order chi connectivity index (χ1) is 55.2. The van der Waals surface area contributed by atoms with Gasteiger partial charge >= 0.3 is 0 Å². The molecule has 0 atom stereocenters. The third kappa shape index (κ3) is 35.2. The van der Waals surface area contributed by atoms with Crippen LogP contribution in [0.1, 0.15) is 167 Å². The van der Waals surface area contributed by atoms with E-state index < -0.39 is 16.6 Å². The van der Waals surface area contributed by atoms with Crippen molar-refractivity contribution in [2.24, 2.45) is 9.98 Å². The van der Waals surface area contributed by atoms with Crippen molar-refractivity contribution in [1.29, 1.82) is 0 Å². The lowest BCUT2D eigenvalue weighted by Gasteiger charge is -2.35. The molecule has 0 radical (unpaired) electrons. The second kappa shape index (κ2) is 49.8. The summed E-state index contributed by atoms with van der Waals surface area (Å²) in [6.45, 7) is 37.1. The molecule has 0 N–H and O–H groups in total. The topological polar surface area (TPSA) is 281 Å². The number of ketones is 5. The van der Waals surface area contributed by atoms with Gasteiger partial charge in [-0.2, -0.15) is 4.99 Å². The highest BCUT2D eigenvalue weighted by Gasteiger charge is 2.41. The van der Waals surface area contributed by atoms with E-state index in [1.165, 1.54) is 42.5 Å². The highest BCUT2D eigenvalue weighted by atomic mass is 32.2. The minimum absolute atomic E-state index is 0.00200. The van der Waals surface area contributed by atoms with Crippen molar-refractivity contribution in [2.75, 3.05) is 57.5 Å². The summed E-state index contributed by atoms with van der Waals surface area (Å²) in [5, 5.41) is 1.38. The van der Waals surface area contributed by atoms with Crippen molar-refractivity contribution < 1.29 is 70.9 Å². The molecule has 1 fully saturated rings. The number of carbonyl (C=O) groups is 8. The van der Waals surface area contributed by atoms with E-state index >= 15 is 0 Å². The van der Waals surface area contributed by atoms with Crippen molar-refractivity contribution in [3.63, 3.8) is 0 Å². The molecule has 0 unspecified atom stereocenters. The fourth-order valence-corrected chi connectivity index (χ4v) is 13.8. The van der Waals surface area contributed by atoms with Crippen LogP contribution in [-0.2, 0) is 68.1 Å². The number of Topliss-reactive ketones (excluding diaryl/α,β-unsaturated/α-hetero) is 5. The maximum Gasteiger partial charge on any atom is 0.290 e. The molecule has 0 saturated carbocycles. The number of hydrogen-bond donors (Lipinski definition) is 0. The van der Waals surface area contributed by atoms with Gasteiger partial charge in [-0.15, -0.1) is 0 Å². The SMILES string of the molecule is C=C1N=C(O[Si](C)(C)C)CS1.CC(C)(C)[Si](C)(C)OC1=NC(=O)CS1.CCc1ccc(C(=O)COc2ccc(C(C)=O)cc2)nc1.CCc1ccc(OCC(=O)c2ccc(CC)cn2)cc1.CCc1ccc(OCC(=O)c2ccc(CC)cn2)cc1.CCc1ccc(OCC(=O)c2ccc(CC)cn2)cc1.COCN1C(=O)CSC1=O. The molecule has 3 amide bonds. The molecule has 0 aliphatic carbocycles. The molecule has 4 aromatic heterocycles. The predicted octanol–water partition coefficient (Wildman–Crippen LogP) is 18.9. The number of hydrogen-bond acceptors (Lipinski definition) is 23. The fraction of sp³-hybridized carbons (Fsp3) is 0.371. The molecule has 11 rings (SSSR count). The molecule has 0 bridgehead atoms. The molecule has 1 saturated heterocycles. The molecule has 116 heavy (non-hydrogen) atoms. The molecule has 27 heteroatoms. The number of imide groups is 1. The third-order valence-corrected chi connectivity index (χ3v) is 25.4. The van der Waals surface area contributed by atoms with Crippen molar-refractivity contribution in [3.8, 4) is 23.0 Å².